The number of phenolic OH excluding ortho intramolecular Hbond substituents is 1. The summed E-state index contributed by atoms with van der Waals surface area (Å²) < 4.78 is 24.1. The van der Waals surface area contributed by atoms with Crippen LogP contribution in [0.15, 0.2) is 64.0 Å². The number of oxazole rings is 1. The number of hydrogen-bond donors (Lipinski definition) is 1. The number of hydrogen-bond acceptors (Lipinski definition) is 7. The fourth-order valence-electron chi connectivity index (χ4n) is 2.94. The first kappa shape index (κ1) is 20.0. The summed E-state index contributed by atoms with van der Waals surface area (Å²) in [5.74, 6) is -0.242. The maximum atomic E-state index is 13.1. The maximum Gasteiger partial charge on any atom is 0.274 e. The molecule has 0 atom stereocenters. The number of nitrogens with zero attached hydrogens (tertiary/aromatic N) is 3. The highest BCUT2D eigenvalue weighted by molar-refractivity contribution is 5.89. The number of halogens is 1. The first-order valence-corrected chi connectivity index (χ1v) is 9.29. The molecule has 4 aromatic rings. The van der Waals surface area contributed by atoms with Gasteiger partial charge in [-0.1, -0.05) is 0 Å². The van der Waals surface area contributed by atoms with Crippen molar-refractivity contribution in [1.29, 1.82) is 0 Å². The molecule has 0 saturated heterocycles. The van der Waals surface area contributed by atoms with E-state index in [4.69, 9.17) is 9.15 Å². The Bertz CT molecular complexity index is 1300. The lowest BCUT2D eigenvalue weighted by Gasteiger charge is -2.07. The molecule has 1 heterocycles. The van der Waals surface area contributed by atoms with Crippen LogP contribution < -0.4 is 4.74 Å². The molecule has 0 aliphatic heterocycles. The molecule has 31 heavy (non-hydrogen) atoms. The van der Waals surface area contributed by atoms with E-state index in [1.165, 1.54) is 24.4 Å². The summed E-state index contributed by atoms with van der Waals surface area (Å²) in [4.78, 5) is 19.3. The number of aliphatic imine (C=N–C) groups is 1. The number of phenols is 1. The van der Waals surface area contributed by atoms with Crippen LogP contribution in [0.5, 0.6) is 11.5 Å². The van der Waals surface area contributed by atoms with Crippen molar-refractivity contribution in [2.45, 2.75) is 6.92 Å². The van der Waals surface area contributed by atoms with Crippen LogP contribution in [0.4, 0.5) is 15.8 Å². The highest BCUT2D eigenvalue weighted by Gasteiger charge is 2.16. The molecule has 4 rings (SSSR count). The van der Waals surface area contributed by atoms with Crippen molar-refractivity contribution in [3.8, 4) is 23.0 Å². The Morgan fingerprint density at radius 3 is 2.71 bits per heavy atom. The molecule has 0 saturated carbocycles. The summed E-state index contributed by atoms with van der Waals surface area (Å²) in [6.45, 7) is 1.95. The second-order valence-electron chi connectivity index (χ2n) is 6.51. The molecule has 156 valence electrons. The fourth-order valence-corrected chi connectivity index (χ4v) is 2.94. The standard InChI is InChI=1S/C22H16FN3O5/c1-2-30-20-11-17(26(28)29)9-14(21(20)27)12-24-16-7-8-19-18(10-16)25-22(31-19)13-3-5-15(23)6-4-13/h3-12,27H,2H2,1H3. The van der Waals surface area contributed by atoms with E-state index in [0.717, 1.165) is 6.07 Å². The third-order valence-electron chi connectivity index (χ3n) is 4.41. The van der Waals surface area contributed by atoms with E-state index in [-0.39, 0.29) is 35.2 Å². The zero-order valence-corrected chi connectivity index (χ0v) is 16.3. The highest BCUT2D eigenvalue weighted by Crippen LogP contribution is 2.34. The van der Waals surface area contributed by atoms with E-state index in [1.54, 1.807) is 37.3 Å². The van der Waals surface area contributed by atoms with Crippen molar-refractivity contribution >= 4 is 28.7 Å². The molecule has 0 spiro atoms. The molecule has 0 amide bonds. The number of ether oxygens (including phenoxy) is 1. The number of aromatic hydroxyl groups is 1. The molecule has 0 aliphatic rings. The Kier molecular flexibility index (Phi) is 5.31. The summed E-state index contributed by atoms with van der Waals surface area (Å²) in [6, 6.07) is 13.2. The SMILES string of the molecule is CCOc1cc([N+](=O)[O-])cc(C=Nc2ccc3oc(-c4ccc(F)cc4)nc3c2)c1O. The van der Waals surface area contributed by atoms with Gasteiger partial charge >= 0.3 is 0 Å². The number of benzene rings is 3. The molecular weight excluding hydrogens is 405 g/mol. The molecule has 0 radical (unpaired) electrons. The van der Waals surface area contributed by atoms with Gasteiger partial charge in [-0.2, -0.15) is 0 Å². The van der Waals surface area contributed by atoms with Gasteiger partial charge in [-0.3, -0.25) is 15.1 Å². The lowest BCUT2D eigenvalue weighted by molar-refractivity contribution is -0.385. The van der Waals surface area contributed by atoms with Crippen molar-refractivity contribution in [2.75, 3.05) is 6.61 Å². The molecule has 1 N–H and O–H groups in total. The molecule has 3 aromatic carbocycles. The predicted octanol–water partition coefficient (Wildman–Crippen LogP) is 5.40. The molecule has 0 aliphatic carbocycles. The Balaban J connectivity index is 1.67. The van der Waals surface area contributed by atoms with E-state index in [2.05, 4.69) is 9.98 Å². The first-order valence-electron chi connectivity index (χ1n) is 9.29. The Labute approximate surface area is 175 Å². The van der Waals surface area contributed by atoms with Crippen molar-refractivity contribution in [1.82, 2.24) is 4.98 Å². The van der Waals surface area contributed by atoms with Crippen LogP contribution in [-0.4, -0.2) is 27.8 Å². The quantitative estimate of drug-likeness (QED) is 0.254. The van der Waals surface area contributed by atoms with Gasteiger partial charge < -0.3 is 14.3 Å². The summed E-state index contributed by atoms with van der Waals surface area (Å²) in [5.41, 5.74) is 2.11. The highest BCUT2D eigenvalue weighted by atomic mass is 19.1. The normalized spacial score (nSPS) is 11.3. The van der Waals surface area contributed by atoms with Crippen LogP contribution in [0.3, 0.4) is 0 Å². The average Bonchev–Trinajstić information content (AvgIpc) is 3.18. The van der Waals surface area contributed by atoms with E-state index in [0.29, 0.717) is 28.2 Å². The van der Waals surface area contributed by atoms with Crippen molar-refractivity contribution in [2.24, 2.45) is 4.99 Å². The molecule has 0 unspecified atom stereocenters. The van der Waals surface area contributed by atoms with Gasteiger partial charge in [-0.05, 0) is 49.4 Å². The molecule has 1 aromatic heterocycles. The number of fused-ring (bicyclic) bond motifs is 1. The maximum absolute atomic E-state index is 13.1. The van der Waals surface area contributed by atoms with Crippen LogP contribution in [0, 0.1) is 15.9 Å². The molecular formula is C22H16FN3O5. The number of nitro groups is 1. The summed E-state index contributed by atoms with van der Waals surface area (Å²) >= 11 is 0. The fraction of sp³-hybridized carbons (Fsp3) is 0.0909. The second-order valence-corrected chi connectivity index (χ2v) is 6.51. The van der Waals surface area contributed by atoms with E-state index >= 15 is 0 Å². The van der Waals surface area contributed by atoms with Gasteiger partial charge in [0.15, 0.2) is 17.1 Å². The molecule has 0 fully saturated rings. The van der Waals surface area contributed by atoms with Crippen molar-refractivity contribution in [3.05, 3.63) is 76.1 Å². The van der Waals surface area contributed by atoms with Gasteiger partial charge in [0.25, 0.3) is 5.69 Å². The lowest BCUT2D eigenvalue weighted by atomic mass is 10.1. The van der Waals surface area contributed by atoms with E-state index < -0.39 is 4.92 Å². The number of nitro benzene ring substituents is 1. The second kappa shape index (κ2) is 8.23. The molecule has 0 bridgehead atoms. The minimum absolute atomic E-state index is 0.00837. The van der Waals surface area contributed by atoms with Crippen molar-refractivity contribution < 1.29 is 23.6 Å². The Morgan fingerprint density at radius 1 is 1.23 bits per heavy atom. The monoisotopic (exact) mass is 421 g/mol. The minimum atomic E-state index is -0.572. The van der Waals surface area contributed by atoms with E-state index in [9.17, 15) is 19.6 Å². The predicted molar refractivity (Wildman–Crippen MR) is 113 cm³/mol. The largest absolute Gasteiger partial charge is 0.504 e. The van der Waals surface area contributed by atoms with Gasteiger partial charge in [-0.25, -0.2) is 9.37 Å². The lowest BCUT2D eigenvalue weighted by Crippen LogP contribution is -1.97. The van der Waals surface area contributed by atoms with Gasteiger partial charge in [0.05, 0.1) is 23.3 Å². The number of non-ortho nitro benzene ring substituents is 1. The zero-order chi connectivity index (χ0) is 22.0. The van der Waals surface area contributed by atoms with Crippen LogP contribution in [0.25, 0.3) is 22.6 Å². The number of aromatic nitrogens is 1. The zero-order valence-electron chi connectivity index (χ0n) is 16.3. The van der Waals surface area contributed by atoms with Gasteiger partial charge in [-0.15, -0.1) is 0 Å². The number of rotatable bonds is 6. The third kappa shape index (κ3) is 4.20. The average molecular weight is 421 g/mol. The molecule has 8 nitrogen and oxygen atoms in total. The summed E-state index contributed by atoms with van der Waals surface area (Å²) in [6.07, 6.45) is 1.31. The van der Waals surface area contributed by atoms with Crippen LogP contribution in [0.1, 0.15) is 12.5 Å². The van der Waals surface area contributed by atoms with Crippen LogP contribution in [-0.2, 0) is 0 Å². The topological polar surface area (TPSA) is 111 Å². The minimum Gasteiger partial charge on any atom is -0.504 e. The summed E-state index contributed by atoms with van der Waals surface area (Å²) in [7, 11) is 0. The summed E-state index contributed by atoms with van der Waals surface area (Å²) in [5, 5.41) is 21.5. The van der Waals surface area contributed by atoms with E-state index in [1.807, 2.05) is 0 Å². The van der Waals surface area contributed by atoms with Crippen molar-refractivity contribution in [3.63, 3.8) is 0 Å². The van der Waals surface area contributed by atoms with Gasteiger partial charge in [0.1, 0.15) is 11.3 Å². The Hall–Kier alpha value is -4.27. The third-order valence-corrected chi connectivity index (χ3v) is 4.41. The van der Waals surface area contributed by atoms with Crippen LogP contribution in [0.2, 0.25) is 0 Å². The molecule has 9 heteroatoms. The van der Waals surface area contributed by atoms with Gasteiger partial charge in [0, 0.05) is 23.4 Å². The van der Waals surface area contributed by atoms with Crippen LogP contribution >= 0.6 is 0 Å². The van der Waals surface area contributed by atoms with Gasteiger partial charge in [0.2, 0.25) is 5.89 Å². The first-order chi connectivity index (χ1) is 14.9. The smallest absolute Gasteiger partial charge is 0.274 e. The Morgan fingerprint density at radius 2 is 2.00 bits per heavy atom.